The van der Waals surface area contributed by atoms with Crippen LogP contribution in [0.2, 0.25) is 0 Å². The molecular weight excluding hydrogens is 356 g/mol. The topological polar surface area (TPSA) is 98.0 Å². The third-order valence-corrected chi connectivity index (χ3v) is 5.42. The van der Waals surface area contributed by atoms with E-state index in [-0.39, 0.29) is 18.3 Å². The SMILES string of the molecule is C=C=CC(O)(CC=C[C@@H]1[C@@H](CC=CCCCC(=O)O)[C@@H](O)C[C@H]1O)CCCC. The number of rotatable bonds is 13. The van der Waals surface area contributed by atoms with Gasteiger partial charge in [-0.3, -0.25) is 4.79 Å². The average Bonchev–Trinajstić information content (AvgIpc) is 2.89. The molecule has 0 bridgehead atoms. The monoisotopic (exact) mass is 392 g/mol. The number of carboxylic acid groups (broad SMARTS) is 1. The van der Waals surface area contributed by atoms with Gasteiger partial charge in [0.1, 0.15) is 0 Å². The highest BCUT2D eigenvalue weighted by Crippen LogP contribution is 2.36. The molecule has 4 N–H and O–H groups in total. The lowest BCUT2D eigenvalue weighted by atomic mass is 9.88. The van der Waals surface area contributed by atoms with Crippen molar-refractivity contribution in [2.24, 2.45) is 11.8 Å². The third kappa shape index (κ3) is 8.57. The number of allylic oxidation sites excluding steroid dienone is 2. The molecule has 1 aliphatic rings. The summed E-state index contributed by atoms with van der Waals surface area (Å²) in [7, 11) is 0. The van der Waals surface area contributed by atoms with Crippen molar-refractivity contribution in [2.75, 3.05) is 0 Å². The molecule has 1 rings (SSSR count). The summed E-state index contributed by atoms with van der Waals surface area (Å²) in [6.07, 6.45) is 13.5. The summed E-state index contributed by atoms with van der Waals surface area (Å²) >= 11 is 0. The second-order valence-corrected chi connectivity index (χ2v) is 7.79. The molecule has 0 radical (unpaired) electrons. The Labute approximate surface area is 168 Å². The smallest absolute Gasteiger partial charge is 0.303 e. The predicted octanol–water partition coefficient (Wildman–Crippen LogP) is 3.75. The maximum Gasteiger partial charge on any atom is 0.303 e. The molecule has 1 unspecified atom stereocenters. The summed E-state index contributed by atoms with van der Waals surface area (Å²) in [5.74, 6) is -1.04. The Morgan fingerprint density at radius 3 is 2.61 bits per heavy atom. The van der Waals surface area contributed by atoms with E-state index < -0.39 is 23.8 Å². The minimum absolute atomic E-state index is 0.0827. The molecule has 28 heavy (non-hydrogen) atoms. The van der Waals surface area contributed by atoms with Crippen LogP contribution in [0.4, 0.5) is 0 Å². The Bertz CT molecular complexity index is 576. The summed E-state index contributed by atoms with van der Waals surface area (Å²) in [6, 6.07) is 0. The summed E-state index contributed by atoms with van der Waals surface area (Å²) in [5, 5.41) is 39.9. The number of carboxylic acids is 1. The summed E-state index contributed by atoms with van der Waals surface area (Å²) < 4.78 is 0. The molecule has 1 saturated carbocycles. The maximum atomic E-state index is 10.7. The van der Waals surface area contributed by atoms with Crippen LogP contribution in [-0.4, -0.2) is 44.2 Å². The molecule has 0 aromatic rings. The van der Waals surface area contributed by atoms with Crippen molar-refractivity contribution in [3.8, 4) is 0 Å². The molecule has 5 heteroatoms. The lowest BCUT2D eigenvalue weighted by Crippen LogP contribution is -2.25. The van der Waals surface area contributed by atoms with Crippen molar-refractivity contribution in [2.45, 2.75) is 82.5 Å². The zero-order chi connectivity index (χ0) is 21.0. The third-order valence-electron chi connectivity index (χ3n) is 5.42. The molecule has 0 saturated heterocycles. The van der Waals surface area contributed by atoms with E-state index >= 15 is 0 Å². The zero-order valence-corrected chi connectivity index (χ0v) is 17.0. The molecule has 5 nitrogen and oxygen atoms in total. The molecule has 0 aliphatic heterocycles. The Morgan fingerprint density at radius 1 is 1.21 bits per heavy atom. The Hall–Kier alpha value is -1.65. The second-order valence-electron chi connectivity index (χ2n) is 7.79. The molecule has 0 spiro atoms. The first kappa shape index (κ1) is 24.4. The fourth-order valence-corrected chi connectivity index (χ4v) is 3.78. The van der Waals surface area contributed by atoms with E-state index in [0.29, 0.717) is 38.5 Å². The van der Waals surface area contributed by atoms with E-state index in [1.807, 2.05) is 24.3 Å². The van der Waals surface area contributed by atoms with Crippen molar-refractivity contribution < 1.29 is 25.2 Å². The van der Waals surface area contributed by atoms with Gasteiger partial charge in [-0.1, -0.05) is 50.6 Å². The van der Waals surface area contributed by atoms with Crippen LogP contribution in [0.3, 0.4) is 0 Å². The highest BCUT2D eigenvalue weighted by atomic mass is 16.4. The van der Waals surface area contributed by atoms with Crippen molar-refractivity contribution in [3.05, 3.63) is 42.7 Å². The average molecular weight is 393 g/mol. The van der Waals surface area contributed by atoms with Gasteiger partial charge in [0.15, 0.2) is 0 Å². The number of unbranched alkanes of at least 4 members (excludes halogenated alkanes) is 2. The van der Waals surface area contributed by atoms with Crippen LogP contribution >= 0.6 is 0 Å². The van der Waals surface area contributed by atoms with E-state index in [9.17, 15) is 20.1 Å². The van der Waals surface area contributed by atoms with Crippen molar-refractivity contribution in [1.29, 1.82) is 0 Å². The Kier molecular flexibility index (Phi) is 11.1. The van der Waals surface area contributed by atoms with Crippen LogP contribution < -0.4 is 0 Å². The van der Waals surface area contributed by atoms with Crippen molar-refractivity contribution in [1.82, 2.24) is 0 Å². The van der Waals surface area contributed by atoms with E-state index in [2.05, 4.69) is 19.2 Å². The number of carbonyl (C=O) groups is 1. The molecule has 0 aromatic carbocycles. The first-order valence-corrected chi connectivity index (χ1v) is 10.3. The minimum Gasteiger partial charge on any atom is -0.481 e. The fourth-order valence-electron chi connectivity index (χ4n) is 3.78. The molecule has 0 heterocycles. The highest BCUT2D eigenvalue weighted by molar-refractivity contribution is 5.66. The summed E-state index contributed by atoms with van der Waals surface area (Å²) in [5.41, 5.74) is 1.70. The normalized spacial score (nSPS) is 27.1. The van der Waals surface area contributed by atoms with E-state index in [1.165, 1.54) is 0 Å². The fraction of sp³-hybridized carbons (Fsp3) is 0.652. The summed E-state index contributed by atoms with van der Waals surface area (Å²) in [6.45, 7) is 5.63. The lowest BCUT2D eigenvalue weighted by molar-refractivity contribution is -0.137. The van der Waals surface area contributed by atoms with Crippen LogP contribution in [0, 0.1) is 11.8 Å². The Morgan fingerprint density at radius 2 is 1.96 bits per heavy atom. The molecule has 0 amide bonds. The first-order chi connectivity index (χ1) is 13.3. The number of aliphatic hydroxyl groups is 3. The van der Waals surface area contributed by atoms with Gasteiger partial charge < -0.3 is 20.4 Å². The number of aliphatic hydroxyl groups excluding tert-OH is 2. The van der Waals surface area contributed by atoms with Gasteiger partial charge in [0.05, 0.1) is 17.8 Å². The van der Waals surface area contributed by atoms with Gasteiger partial charge in [0.2, 0.25) is 0 Å². The standard InChI is InChI=1S/C23H36O5/c1-3-5-15-23(28,14-4-2)16-10-12-19-18(20(24)17-21(19)25)11-8-6-7-9-13-22(26)27/h6,8,10,12,14,18-21,24-25,28H,2-3,5,7,9,11,13,15-17H2,1H3,(H,26,27)/t18-,19-,20+,21-,23?/m1/s1. The number of aliphatic carboxylic acids is 1. The van der Waals surface area contributed by atoms with E-state index in [4.69, 9.17) is 5.11 Å². The van der Waals surface area contributed by atoms with Gasteiger partial charge in [-0.2, -0.15) is 0 Å². The zero-order valence-electron chi connectivity index (χ0n) is 17.0. The van der Waals surface area contributed by atoms with Crippen LogP contribution in [0.5, 0.6) is 0 Å². The molecule has 1 fully saturated rings. The van der Waals surface area contributed by atoms with Crippen molar-refractivity contribution in [3.63, 3.8) is 0 Å². The highest BCUT2D eigenvalue weighted by Gasteiger charge is 2.39. The Balaban J connectivity index is 2.64. The molecule has 1 aliphatic carbocycles. The quantitative estimate of drug-likeness (QED) is 0.217. The molecular formula is C23H36O5. The molecule has 0 aromatic heterocycles. The largest absolute Gasteiger partial charge is 0.481 e. The van der Waals surface area contributed by atoms with Gasteiger partial charge >= 0.3 is 5.97 Å². The molecule has 5 atom stereocenters. The molecule has 158 valence electrons. The van der Waals surface area contributed by atoms with Crippen LogP contribution in [-0.2, 0) is 4.79 Å². The predicted molar refractivity (Wildman–Crippen MR) is 111 cm³/mol. The number of hydrogen-bond donors (Lipinski definition) is 4. The van der Waals surface area contributed by atoms with Crippen LogP contribution in [0.1, 0.15) is 64.7 Å². The van der Waals surface area contributed by atoms with Crippen LogP contribution in [0.25, 0.3) is 0 Å². The second kappa shape index (κ2) is 12.7. The summed E-state index contributed by atoms with van der Waals surface area (Å²) in [4.78, 5) is 10.5. The number of hydrogen-bond acceptors (Lipinski definition) is 4. The lowest BCUT2D eigenvalue weighted by Gasteiger charge is -2.23. The van der Waals surface area contributed by atoms with Gasteiger partial charge in [0, 0.05) is 18.8 Å². The van der Waals surface area contributed by atoms with Gasteiger partial charge in [-0.25, -0.2) is 0 Å². The van der Waals surface area contributed by atoms with Gasteiger partial charge in [-0.15, -0.1) is 5.73 Å². The minimum atomic E-state index is -0.976. The van der Waals surface area contributed by atoms with Gasteiger partial charge in [0.25, 0.3) is 0 Å². The van der Waals surface area contributed by atoms with Gasteiger partial charge in [-0.05, 0) is 44.1 Å². The maximum absolute atomic E-state index is 10.7. The van der Waals surface area contributed by atoms with E-state index in [0.717, 1.165) is 12.8 Å². The van der Waals surface area contributed by atoms with E-state index in [1.54, 1.807) is 6.08 Å². The first-order valence-electron chi connectivity index (χ1n) is 10.3. The van der Waals surface area contributed by atoms with Crippen molar-refractivity contribution >= 4 is 5.97 Å². The van der Waals surface area contributed by atoms with Crippen LogP contribution in [0.15, 0.2) is 42.7 Å².